The molecule has 0 saturated carbocycles. The van der Waals surface area contributed by atoms with Gasteiger partial charge in [0.15, 0.2) is 0 Å². The Labute approximate surface area is 171 Å². The van der Waals surface area contributed by atoms with Crippen molar-refractivity contribution >= 4 is 17.5 Å². The predicted molar refractivity (Wildman–Crippen MR) is 102 cm³/mol. The van der Waals surface area contributed by atoms with Gasteiger partial charge in [0.2, 0.25) is 0 Å². The Kier molecular flexibility index (Phi) is 6.81. The van der Waals surface area contributed by atoms with Crippen molar-refractivity contribution in [3.63, 3.8) is 0 Å². The van der Waals surface area contributed by atoms with Gasteiger partial charge in [-0.25, -0.2) is 0 Å². The molecule has 1 aliphatic rings. The molecule has 0 aliphatic carbocycles. The van der Waals surface area contributed by atoms with Gasteiger partial charge in [-0.05, 0) is 23.8 Å². The van der Waals surface area contributed by atoms with E-state index in [4.69, 9.17) is 11.6 Å². The lowest BCUT2D eigenvalue weighted by atomic mass is 10.1. The molecule has 1 N–H and O–H groups in total. The molecule has 1 fully saturated rings. The second kappa shape index (κ2) is 9.15. The van der Waals surface area contributed by atoms with Crippen LogP contribution in [0.4, 0.5) is 13.2 Å². The molecule has 1 amide bonds. The minimum atomic E-state index is -4.26. The number of aromatic nitrogens is 2. The molecule has 1 unspecified atom stereocenters. The highest BCUT2D eigenvalue weighted by atomic mass is 35.5. The normalized spacial score (nSPS) is 16.8. The molecule has 3 rings (SSSR count). The van der Waals surface area contributed by atoms with Gasteiger partial charge in [-0.3, -0.25) is 14.4 Å². The third-order valence-electron chi connectivity index (χ3n) is 4.95. The molecule has 1 aromatic heterocycles. The SMILES string of the molecule is O=C(c1ccn(CCC(F)(F)F)n1)N1CCN(C(CO)c2ccc(Cl)cc2)CC1. The van der Waals surface area contributed by atoms with E-state index in [1.54, 1.807) is 17.0 Å². The number of hydrogen-bond donors (Lipinski definition) is 1. The molecule has 1 aromatic carbocycles. The first kappa shape index (κ1) is 21.6. The number of aliphatic hydroxyl groups excluding tert-OH is 1. The molecule has 6 nitrogen and oxygen atoms in total. The fraction of sp³-hybridized carbons (Fsp3) is 0.474. The molecular weight excluding hydrogens is 409 g/mol. The molecule has 0 spiro atoms. The van der Waals surface area contributed by atoms with Crippen molar-refractivity contribution < 1.29 is 23.1 Å². The molecule has 1 atom stereocenters. The van der Waals surface area contributed by atoms with E-state index in [9.17, 15) is 23.1 Å². The van der Waals surface area contributed by atoms with Crippen LogP contribution in [0, 0.1) is 0 Å². The molecule has 0 radical (unpaired) electrons. The number of carbonyl (C=O) groups is 1. The van der Waals surface area contributed by atoms with Crippen LogP contribution in [0.2, 0.25) is 5.02 Å². The van der Waals surface area contributed by atoms with Gasteiger partial charge >= 0.3 is 6.18 Å². The third kappa shape index (κ3) is 5.71. The zero-order valence-electron chi connectivity index (χ0n) is 15.6. The Morgan fingerprint density at radius 1 is 1.14 bits per heavy atom. The number of benzene rings is 1. The smallest absolute Gasteiger partial charge is 0.390 e. The lowest BCUT2D eigenvalue weighted by Crippen LogP contribution is -2.50. The van der Waals surface area contributed by atoms with Gasteiger partial charge in [0, 0.05) is 43.9 Å². The van der Waals surface area contributed by atoms with Crippen molar-refractivity contribution in [2.24, 2.45) is 0 Å². The highest BCUT2D eigenvalue weighted by Crippen LogP contribution is 2.24. The van der Waals surface area contributed by atoms with Crippen molar-refractivity contribution in [3.8, 4) is 0 Å². The lowest BCUT2D eigenvalue weighted by molar-refractivity contribution is -0.137. The Morgan fingerprint density at radius 3 is 2.38 bits per heavy atom. The maximum Gasteiger partial charge on any atom is 0.390 e. The van der Waals surface area contributed by atoms with Gasteiger partial charge in [-0.1, -0.05) is 23.7 Å². The number of piperazine rings is 1. The van der Waals surface area contributed by atoms with E-state index in [0.29, 0.717) is 31.2 Å². The zero-order valence-corrected chi connectivity index (χ0v) is 16.4. The largest absolute Gasteiger partial charge is 0.394 e. The molecule has 10 heteroatoms. The highest BCUT2D eigenvalue weighted by molar-refractivity contribution is 6.30. The fourth-order valence-electron chi connectivity index (χ4n) is 3.36. The molecule has 158 valence electrons. The molecule has 0 bridgehead atoms. The minimum Gasteiger partial charge on any atom is -0.394 e. The van der Waals surface area contributed by atoms with Crippen LogP contribution in [-0.2, 0) is 6.54 Å². The van der Waals surface area contributed by atoms with Gasteiger partial charge in [-0.15, -0.1) is 0 Å². The van der Waals surface area contributed by atoms with E-state index in [0.717, 1.165) is 10.2 Å². The second-order valence-electron chi connectivity index (χ2n) is 6.91. The van der Waals surface area contributed by atoms with Crippen molar-refractivity contribution in [2.75, 3.05) is 32.8 Å². The minimum absolute atomic E-state index is 0.0564. The van der Waals surface area contributed by atoms with Crippen LogP contribution in [-0.4, -0.2) is 69.6 Å². The summed E-state index contributed by atoms with van der Waals surface area (Å²) in [4.78, 5) is 16.3. The van der Waals surface area contributed by atoms with Gasteiger partial charge in [0.1, 0.15) is 5.69 Å². The average molecular weight is 431 g/mol. The highest BCUT2D eigenvalue weighted by Gasteiger charge is 2.29. The van der Waals surface area contributed by atoms with Crippen LogP contribution in [0.1, 0.15) is 28.5 Å². The van der Waals surface area contributed by atoms with Crippen LogP contribution < -0.4 is 0 Å². The maximum atomic E-state index is 12.6. The number of halogens is 4. The summed E-state index contributed by atoms with van der Waals surface area (Å²) in [5, 5.41) is 14.4. The van der Waals surface area contributed by atoms with Gasteiger partial charge < -0.3 is 10.0 Å². The summed E-state index contributed by atoms with van der Waals surface area (Å²) in [5.74, 6) is -0.303. The number of nitrogens with zero attached hydrogens (tertiary/aromatic N) is 4. The van der Waals surface area contributed by atoms with Gasteiger partial charge in [0.05, 0.1) is 19.1 Å². The third-order valence-corrected chi connectivity index (χ3v) is 5.21. The van der Waals surface area contributed by atoms with Crippen molar-refractivity contribution in [3.05, 3.63) is 52.8 Å². The van der Waals surface area contributed by atoms with Crippen LogP contribution in [0.5, 0.6) is 0 Å². The van der Waals surface area contributed by atoms with E-state index in [-0.39, 0.29) is 30.8 Å². The van der Waals surface area contributed by atoms with Gasteiger partial charge in [-0.2, -0.15) is 18.3 Å². The van der Waals surface area contributed by atoms with Crippen LogP contribution in [0.3, 0.4) is 0 Å². The predicted octanol–water partition coefficient (Wildman–Crippen LogP) is 2.98. The van der Waals surface area contributed by atoms with Gasteiger partial charge in [0.25, 0.3) is 5.91 Å². The Hall–Kier alpha value is -2.10. The van der Waals surface area contributed by atoms with E-state index in [2.05, 4.69) is 10.00 Å². The van der Waals surface area contributed by atoms with Crippen molar-refractivity contribution in [2.45, 2.75) is 25.2 Å². The van der Waals surface area contributed by atoms with E-state index in [1.807, 2.05) is 12.1 Å². The maximum absolute atomic E-state index is 12.6. The molecular formula is C19H22ClF3N4O2. The summed E-state index contributed by atoms with van der Waals surface area (Å²) in [7, 11) is 0. The van der Waals surface area contributed by atoms with Crippen LogP contribution >= 0.6 is 11.6 Å². The monoisotopic (exact) mass is 430 g/mol. The number of amides is 1. The molecule has 2 heterocycles. The summed E-state index contributed by atoms with van der Waals surface area (Å²) in [6, 6.07) is 8.53. The number of rotatable bonds is 6. The van der Waals surface area contributed by atoms with E-state index in [1.165, 1.54) is 12.3 Å². The average Bonchev–Trinajstić information content (AvgIpc) is 3.17. The van der Waals surface area contributed by atoms with Crippen molar-refractivity contribution in [1.82, 2.24) is 19.6 Å². The van der Waals surface area contributed by atoms with E-state index >= 15 is 0 Å². The zero-order chi connectivity index (χ0) is 21.0. The molecule has 1 saturated heterocycles. The summed E-state index contributed by atoms with van der Waals surface area (Å²) in [6.07, 6.45) is -3.87. The van der Waals surface area contributed by atoms with Crippen molar-refractivity contribution in [1.29, 1.82) is 0 Å². The molecule has 29 heavy (non-hydrogen) atoms. The first-order chi connectivity index (χ1) is 13.8. The van der Waals surface area contributed by atoms with Crippen LogP contribution in [0.15, 0.2) is 36.5 Å². The second-order valence-corrected chi connectivity index (χ2v) is 7.34. The number of hydrogen-bond acceptors (Lipinski definition) is 4. The van der Waals surface area contributed by atoms with E-state index < -0.39 is 12.6 Å². The Balaban J connectivity index is 1.56. The molecule has 1 aliphatic heterocycles. The molecule has 2 aromatic rings. The summed E-state index contributed by atoms with van der Waals surface area (Å²) < 4.78 is 38.1. The number of carbonyl (C=O) groups excluding carboxylic acids is 1. The number of alkyl halides is 3. The quantitative estimate of drug-likeness (QED) is 0.765. The Bertz CT molecular complexity index is 818. The lowest BCUT2D eigenvalue weighted by Gasteiger charge is -2.38. The fourth-order valence-corrected chi connectivity index (χ4v) is 3.48. The first-order valence-corrected chi connectivity index (χ1v) is 9.64. The standard InChI is InChI=1S/C19H22ClF3N4O2/c20-15-3-1-14(2-4-15)17(13-28)25-9-11-26(12-10-25)18(29)16-5-7-27(24-16)8-6-19(21,22)23/h1-5,7,17,28H,6,8-13H2. The Morgan fingerprint density at radius 2 is 1.79 bits per heavy atom. The van der Waals surface area contributed by atoms with Crippen LogP contribution in [0.25, 0.3) is 0 Å². The summed E-state index contributed by atoms with van der Waals surface area (Å²) in [5.41, 5.74) is 1.08. The summed E-state index contributed by atoms with van der Waals surface area (Å²) in [6.45, 7) is 1.64. The summed E-state index contributed by atoms with van der Waals surface area (Å²) >= 11 is 5.92. The number of aryl methyl sites for hydroxylation is 1. The first-order valence-electron chi connectivity index (χ1n) is 9.26. The topological polar surface area (TPSA) is 61.6 Å². The number of aliphatic hydroxyl groups is 1.